The molecule has 0 bridgehead atoms. The quantitative estimate of drug-likeness (QED) is 0.732. The van der Waals surface area contributed by atoms with Gasteiger partial charge in [0.2, 0.25) is 0 Å². The van der Waals surface area contributed by atoms with Gasteiger partial charge in [-0.25, -0.2) is 0 Å². The molecule has 1 fully saturated rings. The zero-order valence-corrected chi connectivity index (χ0v) is 15.5. The predicted octanol–water partition coefficient (Wildman–Crippen LogP) is 2.66. The summed E-state index contributed by atoms with van der Waals surface area (Å²) in [6.07, 6.45) is 0. The van der Waals surface area contributed by atoms with Crippen LogP contribution in [0.4, 0.5) is 0 Å². The number of benzene rings is 1. The lowest BCUT2D eigenvalue weighted by atomic mass is 10.1. The molecule has 0 radical (unpaired) electrons. The van der Waals surface area contributed by atoms with Gasteiger partial charge in [-0.05, 0) is 23.6 Å². The fourth-order valence-electron chi connectivity index (χ4n) is 3.27. The summed E-state index contributed by atoms with van der Waals surface area (Å²) >= 11 is 1.67. The van der Waals surface area contributed by atoms with E-state index >= 15 is 0 Å². The van der Waals surface area contributed by atoms with Gasteiger partial charge in [0.15, 0.2) is 11.2 Å². The monoisotopic (exact) mass is 384 g/mol. The van der Waals surface area contributed by atoms with Gasteiger partial charge in [-0.3, -0.25) is 14.5 Å². The summed E-state index contributed by atoms with van der Waals surface area (Å²) in [5.41, 5.74) is 0.197. The number of nitrogens with zero attached hydrogens (tertiary/aromatic N) is 1. The number of carbonyl (C=O) groups is 1. The minimum atomic E-state index is -0.382. The Bertz CT molecular complexity index is 977. The van der Waals surface area contributed by atoms with Crippen LogP contribution in [0, 0.1) is 0 Å². The molecule has 0 spiro atoms. The summed E-state index contributed by atoms with van der Waals surface area (Å²) in [6.45, 7) is 3.47. The van der Waals surface area contributed by atoms with Crippen molar-refractivity contribution in [3.8, 4) is 0 Å². The van der Waals surface area contributed by atoms with Crippen LogP contribution >= 0.6 is 11.3 Å². The Morgan fingerprint density at radius 2 is 2.00 bits per heavy atom. The van der Waals surface area contributed by atoms with Gasteiger partial charge in [-0.1, -0.05) is 18.2 Å². The van der Waals surface area contributed by atoms with Gasteiger partial charge in [0.1, 0.15) is 5.58 Å². The third-order valence-electron chi connectivity index (χ3n) is 4.67. The number of thiophene rings is 1. The first-order chi connectivity index (χ1) is 13.2. The Hall–Kier alpha value is -2.48. The van der Waals surface area contributed by atoms with Crippen LogP contribution in [-0.2, 0) is 4.74 Å². The van der Waals surface area contributed by atoms with Gasteiger partial charge in [0, 0.05) is 30.6 Å². The Labute approximate surface area is 160 Å². The molecule has 140 valence electrons. The maximum atomic E-state index is 12.6. The summed E-state index contributed by atoms with van der Waals surface area (Å²) in [7, 11) is 0. The highest BCUT2D eigenvalue weighted by molar-refractivity contribution is 7.10. The van der Waals surface area contributed by atoms with Gasteiger partial charge >= 0.3 is 0 Å². The molecule has 6 nitrogen and oxygen atoms in total. The van der Waals surface area contributed by atoms with Crippen molar-refractivity contribution >= 4 is 28.2 Å². The average molecular weight is 384 g/mol. The lowest BCUT2D eigenvalue weighted by Gasteiger charge is -2.34. The van der Waals surface area contributed by atoms with E-state index in [0.717, 1.165) is 13.1 Å². The second kappa shape index (κ2) is 8.04. The van der Waals surface area contributed by atoms with Crippen molar-refractivity contribution in [2.45, 2.75) is 6.04 Å². The zero-order valence-electron chi connectivity index (χ0n) is 14.7. The Morgan fingerprint density at radius 3 is 2.78 bits per heavy atom. The fraction of sp³-hybridized carbons (Fsp3) is 0.300. The molecular weight excluding hydrogens is 364 g/mol. The molecule has 1 aromatic carbocycles. The first-order valence-corrected chi connectivity index (χ1v) is 9.76. The van der Waals surface area contributed by atoms with Gasteiger partial charge in [0.05, 0.1) is 24.6 Å². The molecule has 1 aliphatic heterocycles. The number of nitrogens with one attached hydrogen (secondary N) is 1. The van der Waals surface area contributed by atoms with Gasteiger partial charge < -0.3 is 14.5 Å². The maximum Gasteiger partial charge on any atom is 0.287 e. The van der Waals surface area contributed by atoms with Gasteiger partial charge in [-0.2, -0.15) is 0 Å². The van der Waals surface area contributed by atoms with E-state index in [0.29, 0.717) is 30.7 Å². The van der Waals surface area contributed by atoms with Crippen LogP contribution in [0.2, 0.25) is 0 Å². The number of para-hydroxylation sites is 1. The summed E-state index contributed by atoms with van der Waals surface area (Å²) in [5.74, 6) is -0.349. The van der Waals surface area contributed by atoms with Gasteiger partial charge in [0.25, 0.3) is 5.91 Å². The van der Waals surface area contributed by atoms with Crippen molar-refractivity contribution in [1.29, 1.82) is 0 Å². The van der Waals surface area contributed by atoms with Crippen molar-refractivity contribution in [2.24, 2.45) is 0 Å². The van der Waals surface area contributed by atoms with Crippen LogP contribution in [0.25, 0.3) is 11.0 Å². The van der Waals surface area contributed by atoms with Gasteiger partial charge in [-0.15, -0.1) is 11.3 Å². The van der Waals surface area contributed by atoms with Crippen molar-refractivity contribution in [3.63, 3.8) is 0 Å². The van der Waals surface area contributed by atoms with Crippen LogP contribution in [0.3, 0.4) is 0 Å². The van der Waals surface area contributed by atoms with Crippen LogP contribution in [0.5, 0.6) is 0 Å². The SMILES string of the molecule is O=C(NC[C@H](c1cccs1)N1CCOCC1)c1cc(=O)c2ccccc2o1. The predicted molar refractivity (Wildman–Crippen MR) is 104 cm³/mol. The normalized spacial score (nSPS) is 16.3. The van der Waals surface area contributed by atoms with Crippen LogP contribution in [-0.4, -0.2) is 43.7 Å². The number of hydrogen-bond donors (Lipinski definition) is 1. The third-order valence-corrected chi connectivity index (χ3v) is 5.65. The second-order valence-corrected chi connectivity index (χ2v) is 7.34. The summed E-state index contributed by atoms with van der Waals surface area (Å²) in [6, 6.07) is 12.3. The topological polar surface area (TPSA) is 71.8 Å². The standard InChI is InChI=1S/C20H20N2O4S/c23-16-12-18(26-17-5-2-1-4-14(16)17)20(24)21-13-15(19-6-3-11-27-19)22-7-9-25-10-8-22/h1-6,11-12,15H,7-10,13H2,(H,21,24)/t15-/m1/s1. The van der Waals surface area contributed by atoms with Crippen LogP contribution < -0.4 is 10.7 Å². The molecule has 1 saturated heterocycles. The molecule has 0 aliphatic carbocycles. The van der Waals surface area contributed by atoms with Crippen molar-refractivity contribution in [3.05, 3.63) is 68.7 Å². The Morgan fingerprint density at radius 1 is 1.19 bits per heavy atom. The van der Waals surface area contributed by atoms with E-state index in [1.165, 1.54) is 10.9 Å². The second-order valence-electron chi connectivity index (χ2n) is 6.36. The zero-order chi connectivity index (χ0) is 18.6. The average Bonchev–Trinajstić information content (AvgIpc) is 3.23. The van der Waals surface area contributed by atoms with E-state index in [4.69, 9.17) is 9.15 Å². The first-order valence-electron chi connectivity index (χ1n) is 8.88. The van der Waals surface area contributed by atoms with Crippen molar-refractivity contribution in [1.82, 2.24) is 10.2 Å². The van der Waals surface area contributed by atoms with Crippen molar-refractivity contribution in [2.75, 3.05) is 32.8 Å². The highest BCUT2D eigenvalue weighted by atomic mass is 32.1. The Balaban J connectivity index is 1.52. The molecule has 0 saturated carbocycles. The molecule has 3 aromatic rings. The number of hydrogen-bond acceptors (Lipinski definition) is 6. The van der Waals surface area contributed by atoms with Crippen LogP contribution in [0.1, 0.15) is 21.5 Å². The molecule has 1 amide bonds. The van der Waals surface area contributed by atoms with E-state index < -0.39 is 0 Å². The Kier molecular flexibility index (Phi) is 5.33. The number of fused-ring (bicyclic) bond motifs is 1. The molecular formula is C20H20N2O4S. The molecule has 1 N–H and O–H groups in total. The highest BCUT2D eigenvalue weighted by Gasteiger charge is 2.24. The highest BCUT2D eigenvalue weighted by Crippen LogP contribution is 2.25. The van der Waals surface area contributed by atoms with E-state index in [1.807, 2.05) is 11.4 Å². The van der Waals surface area contributed by atoms with Crippen LogP contribution in [0.15, 0.2) is 57.1 Å². The fourth-order valence-corrected chi connectivity index (χ4v) is 4.13. The molecule has 3 heterocycles. The van der Waals surface area contributed by atoms with E-state index in [2.05, 4.69) is 16.3 Å². The molecule has 7 heteroatoms. The first kappa shape index (κ1) is 17.9. The molecule has 0 unspecified atom stereocenters. The summed E-state index contributed by atoms with van der Waals surface area (Å²) in [5, 5.41) is 5.43. The van der Waals surface area contributed by atoms with E-state index in [9.17, 15) is 9.59 Å². The third kappa shape index (κ3) is 3.95. The number of ether oxygens (including phenoxy) is 1. The maximum absolute atomic E-state index is 12.6. The number of amides is 1. The smallest absolute Gasteiger partial charge is 0.287 e. The minimum absolute atomic E-state index is 0.0330. The summed E-state index contributed by atoms with van der Waals surface area (Å²) in [4.78, 5) is 28.3. The largest absolute Gasteiger partial charge is 0.451 e. The number of morpholine rings is 1. The van der Waals surface area contributed by atoms with E-state index in [1.54, 1.807) is 35.6 Å². The summed E-state index contributed by atoms with van der Waals surface area (Å²) < 4.78 is 11.1. The molecule has 4 rings (SSSR count). The molecule has 1 aliphatic rings. The lowest BCUT2D eigenvalue weighted by molar-refractivity contribution is 0.0168. The molecule has 27 heavy (non-hydrogen) atoms. The van der Waals surface area contributed by atoms with Crippen molar-refractivity contribution < 1.29 is 13.9 Å². The minimum Gasteiger partial charge on any atom is -0.451 e. The number of carbonyl (C=O) groups excluding carboxylic acids is 1. The molecule has 2 aromatic heterocycles. The molecule has 1 atom stereocenters. The van der Waals surface area contributed by atoms with E-state index in [-0.39, 0.29) is 23.1 Å². The lowest BCUT2D eigenvalue weighted by Crippen LogP contribution is -2.43. The number of rotatable bonds is 5.